The minimum Gasteiger partial charge on any atom is -0.479 e. The smallest absolute Gasteiger partial charge is 0.325 e. The summed E-state index contributed by atoms with van der Waals surface area (Å²) in [6, 6.07) is 16.7. The fourth-order valence-electron chi connectivity index (χ4n) is 3.35. The Kier molecular flexibility index (Phi) is 7.06. The van der Waals surface area contributed by atoms with Gasteiger partial charge in [0.2, 0.25) is 5.91 Å². The lowest BCUT2D eigenvalue weighted by Crippen LogP contribution is -2.46. The number of ether oxygens (including phenoxy) is 2. The number of carbonyl (C=O) groups is 3. The van der Waals surface area contributed by atoms with Crippen LogP contribution in [0.2, 0.25) is 0 Å². The molecule has 2 aromatic carbocycles. The van der Waals surface area contributed by atoms with Crippen molar-refractivity contribution in [3.63, 3.8) is 0 Å². The molecule has 30 heavy (non-hydrogen) atoms. The Bertz CT molecular complexity index is 899. The third kappa shape index (κ3) is 5.17. The maximum absolute atomic E-state index is 13.0. The number of nitrogens with zero attached hydrogens (tertiary/aromatic N) is 2. The number of amides is 2. The van der Waals surface area contributed by atoms with Gasteiger partial charge in [-0.05, 0) is 31.5 Å². The largest absolute Gasteiger partial charge is 0.479 e. The zero-order valence-electron chi connectivity index (χ0n) is 17.2. The van der Waals surface area contributed by atoms with Crippen LogP contribution < -0.4 is 9.64 Å². The molecule has 1 unspecified atom stereocenters. The lowest BCUT2D eigenvalue weighted by atomic mass is 10.1. The highest BCUT2D eigenvalue weighted by Crippen LogP contribution is 2.33. The number of rotatable bonds is 8. The van der Waals surface area contributed by atoms with Crippen molar-refractivity contribution in [1.29, 1.82) is 0 Å². The average Bonchev–Trinajstić information content (AvgIpc) is 2.74. The molecule has 7 nitrogen and oxygen atoms in total. The second kappa shape index (κ2) is 9.91. The molecular formula is C23H26N2O5. The number of benzene rings is 2. The van der Waals surface area contributed by atoms with Crippen molar-refractivity contribution in [2.75, 3.05) is 24.6 Å². The van der Waals surface area contributed by atoms with Crippen LogP contribution in [0.4, 0.5) is 5.69 Å². The van der Waals surface area contributed by atoms with Gasteiger partial charge in [0.1, 0.15) is 12.3 Å². The summed E-state index contributed by atoms with van der Waals surface area (Å²) in [6.45, 7) is 4.03. The SMILES string of the molecule is CCOC(=O)CN(Cc1ccccc1)C(=O)CCN1C(=O)C(C)Oc2ccccc21. The van der Waals surface area contributed by atoms with Crippen molar-refractivity contribution in [2.45, 2.75) is 32.9 Å². The molecule has 0 aliphatic carbocycles. The molecule has 1 atom stereocenters. The quantitative estimate of drug-likeness (QED) is 0.626. The second-order valence-electron chi connectivity index (χ2n) is 7.01. The van der Waals surface area contributed by atoms with Gasteiger partial charge in [-0.3, -0.25) is 14.4 Å². The molecule has 0 aromatic heterocycles. The molecule has 1 aliphatic heterocycles. The van der Waals surface area contributed by atoms with Gasteiger partial charge in [-0.1, -0.05) is 42.5 Å². The number of hydrogen-bond donors (Lipinski definition) is 0. The van der Waals surface area contributed by atoms with Crippen LogP contribution in [0.5, 0.6) is 5.75 Å². The van der Waals surface area contributed by atoms with E-state index in [2.05, 4.69) is 0 Å². The number of fused-ring (bicyclic) bond motifs is 1. The van der Waals surface area contributed by atoms with E-state index in [0.29, 0.717) is 18.0 Å². The van der Waals surface area contributed by atoms with Crippen LogP contribution in [0.1, 0.15) is 25.8 Å². The van der Waals surface area contributed by atoms with Crippen molar-refractivity contribution in [2.24, 2.45) is 0 Å². The van der Waals surface area contributed by atoms with Crippen LogP contribution in [0.3, 0.4) is 0 Å². The lowest BCUT2D eigenvalue weighted by Gasteiger charge is -2.33. The molecule has 1 heterocycles. The molecule has 3 rings (SSSR count). The van der Waals surface area contributed by atoms with E-state index in [0.717, 1.165) is 5.56 Å². The third-order valence-corrected chi connectivity index (χ3v) is 4.82. The Morgan fingerprint density at radius 2 is 1.80 bits per heavy atom. The maximum atomic E-state index is 13.0. The molecule has 0 radical (unpaired) electrons. The average molecular weight is 410 g/mol. The van der Waals surface area contributed by atoms with Gasteiger partial charge in [0.05, 0.1) is 12.3 Å². The predicted molar refractivity (Wildman–Crippen MR) is 112 cm³/mol. The van der Waals surface area contributed by atoms with Crippen LogP contribution in [0.15, 0.2) is 54.6 Å². The van der Waals surface area contributed by atoms with Gasteiger partial charge in [-0.15, -0.1) is 0 Å². The highest BCUT2D eigenvalue weighted by atomic mass is 16.5. The van der Waals surface area contributed by atoms with Crippen LogP contribution in [-0.4, -0.2) is 48.5 Å². The summed E-state index contributed by atoms with van der Waals surface area (Å²) in [5, 5.41) is 0. The summed E-state index contributed by atoms with van der Waals surface area (Å²) in [5.41, 5.74) is 1.56. The first-order chi connectivity index (χ1) is 14.5. The number of carbonyl (C=O) groups excluding carboxylic acids is 3. The number of esters is 1. The first-order valence-electron chi connectivity index (χ1n) is 10.0. The third-order valence-electron chi connectivity index (χ3n) is 4.82. The minimum atomic E-state index is -0.616. The van der Waals surface area contributed by atoms with E-state index in [-0.39, 0.29) is 37.9 Å². The van der Waals surface area contributed by atoms with Gasteiger partial charge in [0, 0.05) is 19.5 Å². The van der Waals surface area contributed by atoms with Gasteiger partial charge >= 0.3 is 5.97 Å². The molecule has 0 N–H and O–H groups in total. The topological polar surface area (TPSA) is 76.2 Å². The van der Waals surface area contributed by atoms with Crippen molar-refractivity contribution in [3.05, 3.63) is 60.2 Å². The molecule has 0 spiro atoms. The lowest BCUT2D eigenvalue weighted by molar-refractivity contribution is -0.149. The zero-order valence-corrected chi connectivity index (χ0v) is 17.2. The first kappa shape index (κ1) is 21.4. The van der Waals surface area contributed by atoms with E-state index in [1.807, 2.05) is 42.5 Å². The standard InChI is InChI=1S/C23H26N2O5/c1-3-29-22(27)16-24(15-18-9-5-4-6-10-18)21(26)13-14-25-19-11-7-8-12-20(19)30-17(2)23(25)28/h4-12,17H,3,13-16H2,1-2H3. The van der Waals surface area contributed by atoms with Crippen LogP contribution in [-0.2, 0) is 25.7 Å². The fourth-order valence-corrected chi connectivity index (χ4v) is 3.35. The summed E-state index contributed by atoms with van der Waals surface area (Å²) in [7, 11) is 0. The summed E-state index contributed by atoms with van der Waals surface area (Å²) >= 11 is 0. The Morgan fingerprint density at radius 1 is 1.10 bits per heavy atom. The van der Waals surface area contributed by atoms with Crippen molar-refractivity contribution in [1.82, 2.24) is 4.90 Å². The fraction of sp³-hybridized carbons (Fsp3) is 0.348. The van der Waals surface area contributed by atoms with Crippen molar-refractivity contribution >= 4 is 23.5 Å². The second-order valence-corrected chi connectivity index (χ2v) is 7.01. The summed E-state index contributed by atoms with van der Waals surface area (Å²) < 4.78 is 10.7. The Balaban J connectivity index is 1.72. The summed E-state index contributed by atoms with van der Waals surface area (Å²) in [6.07, 6.45) is -0.533. The van der Waals surface area contributed by atoms with Gasteiger partial charge < -0.3 is 19.3 Å². The molecule has 0 saturated heterocycles. The Hall–Kier alpha value is -3.35. The number of para-hydroxylation sites is 2. The van der Waals surface area contributed by atoms with Gasteiger partial charge in [-0.25, -0.2) is 0 Å². The van der Waals surface area contributed by atoms with E-state index < -0.39 is 12.1 Å². The minimum absolute atomic E-state index is 0.0824. The molecule has 2 aromatic rings. The van der Waals surface area contributed by atoms with E-state index in [4.69, 9.17) is 9.47 Å². The molecule has 7 heteroatoms. The normalized spacial score (nSPS) is 15.2. The molecule has 0 fully saturated rings. The van der Waals surface area contributed by atoms with Gasteiger partial charge in [0.25, 0.3) is 5.91 Å². The highest BCUT2D eigenvalue weighted by Gasteiger charge is 2.31. The first-order valence-corrected chi connectivity index (χ1v) is 10.0. The van der Waals surface area contributed by atoms with Crippen LogP contribution >= 0.6 is 0 Å². The highest BCUT2D eigenvalue weighted by molar-refractivity contribution is 6.00. The molecule has 0 saturated carbocycles. The Labute approximate surface area is 176 Å². The Morgan fingerprint density at radius 3 is 2.53 bits per heavy atom. The molecule has 158 valence electrons. The summed E-state index contributed by atoms with van der Waals surface area (Å²) in [5.74, 6) is -0.259. The van der Waals surface area contributed by atoms with Crippen LogP contribution in [0, 0.1) is 0 Å². The molecule has 0 bridgehead atoms. The molecular weight excluding hydrogens is 384 g/mol. The van der Waals surface area contributed by atoms with E-state index >= 15 is 0 Å². The van der Waals surface area contributed by atoms with Crippen molar-refractivity contribution in [3.8, 4) is 5.75 Å². The zero-order chi connectivity index (χ0) is 21.5. The van der Waals surface area contributed by atoms with Gasteiger partial charge in [0.15, 0.2) is 6.10 Å². The maximum Gasteiger partial charge on any atom is 0.325 e. The van der Waals surface area contributed by atoms with E-state index in [1.54, 1.807) is 30.9 Å². The van der Waals surface area contributed by atoms with E-state index in [9.17, 15) is 14.4 Å². The van der Waals surface area contributed by atoms with Gasteiger partial charge in [-0.2, -0.15) is 0 Å². The molecule has 1 aliphatic rings. The number of anilines is 1. The van der Waals surface area contributed by atoms with E-state index in [1.165, 1.54) is 4.90 Å². The van der Waals surface area contributed by atoms with Crippen LogP contribution in [0.25, 0.3) is 0 Å². The monoisotopic (exact) mass is 410 g/mol. The molecule has 2 amide bonds. The van der Waals surface area contributed by atoms with Crippen molar-refractivity contribution < 1.29 is 23.9 Å². The predicted octanol–water partition coefficient (Wildman–Crippen LogP) is 2.78. The summed E-state index contributed by atoms with van der Waals surface area (Å²) in [4.78, 5) is 40.7. The number of hydrogen-bond acceptors (Lipinski definition) is 5.